The maximum Gasteiger partial charge on any atom is 0.188 e. The summed E-state index contributed by atoms with van der Waals surface area (Å²) in [6, 6.07) is 3.75. The Hall–Kier alpha value is -0.530. The van der Waals surface area contributed by atoms with E-state index < -0.39 is 0 Å². The number of ether oxygens (including phenoxy) is 4. The highest BCUT2D eigenvalue weighted by molar-refractivity contribution is 14.1. The zero-order chi connectivity index (χ0) is 12.3. The third kappa shape index (κ3) is 2.66. The molecular weight excluding hydrogens is 335 g/mol. The second kappa shape index (κ2) is 5.88. The van der Waals surface area contributed by atoms with Crippen LogP contribution >= 0.6 is 22.6 Å². The molecule has 0 spiro atoms. The first-order valence-corrected chi connectivity index (χ1v) is 6.49. The molecule has 17 heavy (non-hydrogen) atoms. The summed E-state index contributed by atoms with van der Waals surface area (Å²) in [6.07, 6.45) is 0.569. The van der Waals surface area contributed by atoms with Crippen molar-refractivity contribution < 1.29 is 18.9 Å². The number of rotatable bonds is 3. The Morgan fingerprint density at radius 1 is 1.12 bits per heavy atom. The summed E-state index contributed by atoms with van der Waals surface area (Å²) >= 11 is 2.23. The molecule has 0 amide bonds. The van der Waals surface area contributed by atoms with Gasteiger partial charge in [0.05, 0.1) is 36.6 Å². The maximum absolute atomic E-state index is 5.62. The van der Waals surface area contributed by atoms with Crippen molar-refractivity contribution in [1.29, 1.82) is 0 Å². The first-order chi connectivity index (χ1) is 8.27. The molecule has 1 fully saturated rings. The topological polar surface area (TPSA) is 36.9 Å². The summed E-state index contributed by atoms with van der Waals surface area (Å²) in [6.45, 7) is 1.42. The van der Waals surface area contributed by atoms with Crippen LogP contribution in [0.2, 0.25) is 0 Å². The number of halogens is 1. The van der Waals surface area contributed by atoms with Crippen molar-refractivity contribution in [2.24, 2.45) is 0 Å². The van der Waals surface area contributed by atoms with Crippen molar-refractivity contribution in [2.75, 3.05) is 27.4 Å². The van der Waals surface area contributed by atoms with Crippen LogP contribution in [0.3, 0.4) is 0 Å². The molecule has 4 nitrogen and oxygen atoms in total. The monoisotopic (exact) mass is 350 g/mol. The molecule has 1 aromatic rings. The molecule has 0 unspecified atom stereocenters. The van der Waals surface area contributed by atoms with Gasteiger partial charge in [-0.2, -0.15) is 0 Å². The average Bonchev–Trinajstić information content (AvgIpc) is 2.39. The second-order valence-electron chi connectivity index (χ2n) is 3.62. The summed E-state index contributed by atoms with van der Waals surface area (Å²) < 4.78 is 22.9. The van der Waals surface area contributed by atoms with Gasteiger partial charge in [0, 0.05) is 0 Å². The quantitative estimate of drug-likeness (QED) is 0.786. The second-order valence-corrected chi connectivity index (χ2v) is 4.70. The van der Waals surface area contributed by atoms with Crippen molar-refractivity contribution in [3.8, 4) is 11.5 Å². The van der Waals surface area contributed by atoms with E-state index in [0.29, 0.717) is 13.2 Å². The van der Waals surface area contributed by atoms with E-state index in [9.17, 15) is 0 Å². The predicted octanol–water partition coefficient (Wildman–Crippen LogP) is 2.74. The molecule has 0 aromatic heterocycles. The standard InChI is InChI=1S/C12H15IO4/c1-14-8-4-5-9(15-2)11(13)10(8)12-16-6-3-7-17-12/h4-5,12H,3,6-7H2,1-2H3. The summed E-state index contributed by atoms with van der Waals surface area (Å²) in [4.78, 5) is 0. The van der Waals surface area contributed by atoms with E-state index in [-0.39, 0.29) is 6.29 Å². The first-order valence-electron chi connectivity index (χ1n) is 5.41. The van der Waals surface area contributed by atoms with Crippen LogP contribution in [0, 0.1) is 3.57 Å². The fourth-order valence-corrected chi connectivity index (χ4v) is 2.68. The highest BCUT2D eigenvalue weighted by atomic mass is 127. The van der Waals surface area contributed by atoms with E-state index in [0.717, 1.165) is 27.1 Å². The lowest BCUT2D eigenvalue weighted by Gasteiger charge is -2.26. The molecule has 1 heterocycles. The van der Waals surface area contributed by atoms with E-state index in [1.54, 1.807) is 14.2 Å². The molecule has 0 aliphatic carbocycles. The van der Waals surface area contributed by atoms with Crippen LogP contribution in [0.1, 0.15) is 18.3 Å². The molecule has 0 N–H and O–H groups in total. The molecule has 0 bridgehead atoms. The minimum absolute atomic E-state index is 0.360. The van der Waals surface area contributed by atoms with Gasteiger partial charge in [-0.15, -0.1) is 0 Å². The van der Waals surface area contributed by atoms with Gasteiger partial charge in [0.25, 0.3) is 0 Å². The molecule has 1 aliphatic heterocycles. The summed E-state index contributed by atoms with van der Waals surface area (Å²) in [5.41, 5.74) is 0.909. The third-order valence-corrected chi connectivity index (χ3v) is 3.72. The zero-order valence-corrected chi connectivity index (χ0v) is 12.0. The Morgan fingerprint density at radius 2 is 1.71 bits per heavy atom. The average molecular weight is 350 g/mol. The minimum Gasteiger partial charge on any atom is -0.496 e. The van der Waals surface area contributed by atoms with Crippen LogP contribution in [0.5, 0.6) is 11.5 Å². The number of hydrogen-bond acceptors (Lipinski definition) is 4. The number of benzene rings is 1. The fourth-order valence-electron chi connectivity index (χ4n) is 1.76. The Kier molecular flexibility index (Phi) is 4.47. The fraction of sp³-hybridized carbons (Fsp3) is 0.500. The van der Waals surface area contributed by atoms with Crippen LogP contribution in [-0.2, 0) is 9.47 Å². The van der Waals surface area contributed by atoms with Crippen LogP contribution in [0.4, 0.5) is 0 Å². The zero-order valence-electron chi connectivity index (χ0n) is 9.86. The van der Waals surface area contributed by atoms with Gasteiger partial charge >= 0.3 is 0 Å². The van der Waals surface area contributed by atoms with E-state index in [1.807, 2.05) is 12.1 Å². The predicted molar refractivity (Wildman–Crippen MR) is 71.5 cm³/mol. The van der Waals surface area contributed by atoms with Crippen molar-refractivity contribution >= 4 is 22.6 Å². The molecule has 2 rings (SSSR count). The van der Waals surface area contributed by atoms with Gasteiger partial charge in [0.15, 0.2) is 6.29 Å². The highest BCUT2D eigenvalue weighted by Crippen LogP contribution is 2.38. The van der Waals surface area contributed by atoms with Crippen molar-refractivity contribution in [2.45, 2.75) is 12.7 Å². The molecule has 0 atom stereocenters. The maximum atomic E-state index is 5.62. The molecular formula is C12H15IO4. The van der Waals surface area contributed by atoms with E-state index in [4.69, 9.17) is 18.9 Å². The van der Waals surface area contributed by atoms with Gasteiger partial charge in [-0.1, -0.05) is 0 Å². The first kappa shape index (κ1) is 12.9. The van der Waals surface area contributed by atoms with Crippen molar-refractivity contribution in [1.82, 2.24) is 0 Å². The number of hydrogen-bond donors (Lipinski definition) is 0. The van der Waals surface area contributed by atoms with Gasteiger partial charge in [0.2, 0.25) is 0 Å². The lowest BCUT2D eigenvalue weighted by molar-refractivity contribution is -0.184. The Balaban J connectivity index is 2.40. The smallest absolute Gasteiger partial charge is 0.188 e. The van der Waals surface area contributed by atoms with Crippen LogP contribution < -0.4 is 9.47 Å². The van der Waals surface area contributed by atoms with Gasteiger partial charge in [-0.25, -0.2) is 0 Å². The molecule has 5 heteroatoms. The lowest BCUT2D eigenvalue weighted by atomic mass is 10.1. The summed E-state index contributed by atoms with van der Waals surface area (Å²) in [5, 5.41) is 0. The van der Waals surface area contributed by atoms with Gasteiger partial charge in [-0.3, -0.25) is 0 Å². The molecule has 1 aliphatic rings. The number of methoxy groups -OCH3 is 2. The normalized spacial score (nSPS) is 16.9. The molecule has 0 radical (unpaired) electrons. The van der Waals surface area contributed by atoms with Crippen LogP contribution in [0.15, 0.2) is 12.1 Å². The lowest BCUT2D eigenvalue weighted by Crippen LogP contribution is -2.19. The van der Waals surface area contributed by atoms with E-state index in [2.05, 4.69) is 22.6 Å². The third-order valence-electron chi connectivity index (χ3n) is 2.61. The highest BCUT2D eigenvalue weighted by Gasteiger charge is 2.25. The van der Waals surface area contributed by atoms with Gasteiger partial charge in [0.1, 0.15) is 11.5 Å². The molecule has 0 saturated carbocycles. The molecule has 94 valence electrons. The molecule has 1 saturated heterocycles. The van der Waals surface area contributed by atoms with Gasteiger partial charge in [-0.05, 0) is 41.1 Å². The SMILES string of the molecule is COc1ccc(OC)c(C2OCCCO2)c1I. The largest absolute Gasteiger partial charge is 0.496 e. The van der Waals surface area contributed by atoms with Crippen LogP contribution in [-0.4, -0.2) is 27.4 Å². The minimum atomic E-state index is -0.360. The summed E-state index contributed by atoms with van der Waals surface area (Å²) in [7, 11) is 3.29. The van der Waals surface area contributed by atoms with Crippen LogP contribution in [0.25, 0.3) is 0 Å². The van der Waals surface area contributed by atoms with Crippen molar-refractivity contribution in [3.05, 3.63) is 21.3 Å². The van der Waals surface area contributed by atoms with Crippen molar-refractivity contribution in [3.63, 3.8) is 0 Å². The van der Waals surface area contributed by atoms with Gasteiger partial charge < -0.3 is 18.9 Å². The summed E-state index contributed by atoms with van der Waals surface area (Å²) in [5.74, 6) is 1.57. The Labute approximate surface area is 114 Å². The molecule has 1 aromatic carbocycles. The van der Waals surface area contributed by atoms with E-state index in [1.165, 1.54) is 0 Å². The Bertz CT molecular complexity index is 388. The van der Waals surface area contributed by atoms with E-state index >= 15 is 0 Å². The Morgan fingerprint density at radius 3 is 2.29 bits per heavy atom.